The molecule has 0 aromatic carbocycles. The predicted octanol–water partition coefficient (Wildman–Crippen LogP) is 0.0496. The highest BCUT2D eigenvalue weighted by Gasteiger charge is 2.20. The van der Waals surface area contributed by atoms with E-state index in [2.05, 4.69) is 24.1 Å². The van der Waals surface area contributed by atoms with Crippen molar-refractivity contribution in [1.82, 2.24) is 10.2 Å². The Morgan fingerprint density at radius 1 is 1.44 bits per heavy atom. The van der Waals surface area contributed by atoms with E-state index in [9.17, 15) is 5.11 Å². The predicted molar refractivity (Wildman–Crippen MR) is 65.4 cm³/mol. The number of hydrogen-bond donors (Lipinski definition) is 3. The molecule has 4 heteroatoms. The van der Waals surface area contributed by atoms with Crippen molar-refractivity contribution in [3.63, 3.8) is 0 Å². The van der Waals surface area contributed by atoms with Crippen LogP contribution in [-0.4, -0.2) is 60.0 Å². The highest BCUT2D eigenvalue weighted by Crippen LogP contribution is 2.13. The lowest BCUT2D eigenvalue weighted by molar-refractivity contribution is 0.0416. The highest BCUT2D eigenvalue weighted by molar-refractivity contribution is 4.76. The minimum Gasteiger partial charge on any atom is -0.394 e. The molecule has 0 aromatic rings. The Bertz CT molecular complexity index is 182. The van der Waals surface area contributed by atoms with Crippen molar-refractivity contribution in [1.29, 1.82) is 0 Å². The van der Waals surface area contributed by atoms with E-state index in [1.165, 1.54) is 12.8 Å². The van der Waals surface area contributed by atoms with Gasteiger partial charge in [0, 0.05) is 19.1 Å². The molecular formula is C12H26N2O2. The Morgan fingerprint density at radius 3 is 2.69 bits per heavy atom. The van der Waals surface area contributed by atoms with Crippen molar-refractivity contribution in [2.75, 3.05) is 32.8 Å². The van der Waals surface area contributed by atoms with Gasteiger partial charge in [0.25, 0.3) is 0 Å². The van der Waals surface area contributed by atoms with E-state index < -0.39 is 6.10 Å². The maximum atomic E-state index is 9.50. The Morgan fingerprint density at radius 2 is 2.19 bits per heavy atom. The van der Waals surface area contributed by atoms with Gasteiger partial charge in [-0.1, -0.05) is 0 Å². The highest BCUT2D eigenvalue weighted by atomic mass is 16.3. The summed E-state index contributed by atoms with van der Waals surface area (Å²) >= 11 is 0. The summed E-state index contributed by atoms with van der Waals surface area (Å²) in [5.74, 6) is 0.682. The number of aliphatic hydroxyl groups excluding tert-OH is 2. The van der Waals surface area contributed by atoms with Crippen molar-refractivity contribution < 1.29 is 10.2 Å². The van der Waals surface area contributed by atoms with E-state index in [1.54, 1.807) is 0 Å². The molecule has 4 nitrogen and oxygen atoms in total. The van der Waals surface area contributed by atoms with E-state index >= 15 is 0 Å². The van der Waals surface area contributed by atoms with Crippen molar-refractivity contribution >= 4 is 0 Å². The largest absolute Gasteiger partial charge is 0.394 e. The van der Waals surface area contributed by atoms with Gasteiger partial charge in [0.2, 0.25) is 0 Å². The molecule has 0 radical (unpaired) electrons. The second-order valence-electron chi connectivity index (χ2n) is 5.10. The number of hydrogen-bond acceptors (Lipinski definition) is 4. The fourth-order valence-electron chi connectivity index (χ4n) is 2.24. The van der Waals surface area contributed by atoms with Crippen LogP contribution < -0.4 is 5.32 Å². The Hall–Kier alpha value is -0.160. The number of aliphatic hydroxyl groups is 2. The van der Waals surface area contributed by atoms with Gasteiger partial charge in [-0.05, 0) is 45.7 Å². The lowest BCUT2D eigenvalue weighted by atomic mass is 9.98. The molecule has 2 atom stereocenters. The first-order valence-corrected chi connectivity index (χ1v) is 6.37. The van der Waals surface area contributed by atoms with Crippen LogP contribution in [0.3, 0.4) is 0 Å². The molecule has 0 spiro atoms. The minimum absolute atomic E-state index is 0.147. The van der Waals surface area contributed by atoms with Crippen LogP contribution >= 0.6 is 0 Å². The fraction of sp³-hybridized carbons (Fsp3) is 1.00. The quantitative estimate of drug-likeness (QED) is 0.603. The van der Waals surface area contributed by atoms with Gasteiger partial charge in [-0.3, -0.25) is 4.90 Å². The third-order valence-corrected chi connectivity index (χ3v) is 3.28. The molecule has 1 heterocycles. The summed E-state index contributed by atoms with van der Waals surface area (Å²) in [6.07, 6.45) is 1.91. The molecule has 3 N–H and O–H groups in total. The Labute approximate surface area is 98.6 Å². The topological polar surface area (TPSA) is 55.7 Å². The number of rotatable bonds is 6. The van der Waals surface area contributed by atoms with Gasteiger partial charge in [0.05, 0.1) is 12.7 Å². The average Bonchev–Trinajstić information content (AvgIpc) is 2.29. The first-order valence-electron chi connectivity index (χ1n) is 6.37. The Balaban J connectivity index is 2.37. The molecule has 1 aliphatic rings. The van der Waals surface area contributed by atoms with Crippen molar-refractivity contribution in [3.05, 3.63) is 0 Å². The summed E-state index contributed by atoms with van der Waals surface area (Å²) in [5, 5.41) is 21.8. The van der Waals surface area contributed by atoms with Crippen LogP contribution in [0.5, 0.6) is 0 Å². The molecule has 0 saturated carbocycles. The molecule has 0 amide bonds. The van der Waals surface area contributed by atoms with Crippen LogP contribution in [0.1, 0.15) is 26.7 Å². The van der Waals surface area contributed by atoms with Crippen LogP contribution in [0.2, 0.25) is 0 Å². The summed E-state index contributed by atoms with van der Waals surface area (Å²) in [7, 11) is 0. The fourth-order valence-corrected chi connectivity index (χ4v) is 2.24. The van der Waals surface area contributed by atoms with E-state index in [1.807, 2.05) is 0 Å². The second-order valence-corrected chi connectivity index (χ2v) is 5.10. The molecule has 16 heavy (non-hydrogen) atoms. The maximum absolute atomic E-state index is 9.50. The smallest absolute Gasteiger partial charge is 0.0897 e. The summed E-state index contributed by atoms with van der Waals surface area (Å²) in [6, 6.07) is 0.420. The van der Waals surface area contributed by atoms with Crippen LogP contribution in [0.25, 0.3) is 0 Å². The monoisotopic (exact) mass is 230 g/mol. The minimum atomic E-state index is -0.612. The molecule has 0 aliphatic carbocycles. The van der Waals surface area contributed by atoms with Crippen LogP contribution in [0.4, 0.5) is 0 Å². The summed E-state index contributed by atoms with van der Waals surface area (Å²) in [6.45, 7) is 7.94. The van der Waals surface area contributed by atoms with E-state index in [0.29, 0.717) is 18.5 Å². The van der Waals surface area contributed by atoms with Gasteiger partial charge >= 0.3 is 0 Å². The summed E-state index contributed by atoms with van der Waals surface area (Å²) in [4.78, 5) is 2.26. The normalized spacial score (nSPS) is 24.0. The van der Waals surface area contributed by atoms with Gasteiger partial charge in [0.1, 0.15) is 0 Å². The number of nitrogens with one attached hydrogen (secondary N) is 1. The van der Waals surface area contributed by atoms with Crippen LogP contribution in [0.15, 0.2) is 0 Å². The molecule has 0 aromatic heterocycles. The van der Waals surface area contributed by atoms with Crippen LogP contribution in [-0.2, 0) is 0 Å². The van der Waals surface area contributed by atoms with Crippen molar-refractivity contribution in [2.45, 2.75) is 38.8 Å². The van der Waals surface area contributed by atoms with Crippen molar-refractivity contribution in [2.24, 2.45) is 5.92 Å². The third kappa shape index (κ3) is 4.78. The molecule has 96 valence electrons. The zero-order valence-electron chi connectivity index (χ0n) is 10.5. The molecule has 0 bridgehead atoms. The van der Waals surface area contributed by atoms with Gasteiger partial charge in [-0.2, -0.15) is 0 Å². The zero-order chi connectivity index (χ0) is 12.0. The number of piperidine rings is 1. The lowest BCUT2D eigenvalue weighted by Gasteiger charge is -2.33. The second kappa shape index (κ2) is 7.22. The van der Waals surface area contributed by atoms with Gasteiger partial charge < -0.3 is 15.5 Å². The molecule has 1 saturated heterocycles. The average molecular weight is 230 g/mol. The molecule has 1 rings (SSSR count). The molecular weight excluding hydrogens is 204 g/mol. The van der Waals surface area contributed by atoms with E-state index in [4.69, 9.17) is 5.11 Å². The number of nitrogens with zero attached hydrogens (tertiary/aromatic N) is 1. The summed E-state index contributed by atoms with van der Waals surface area (Å²) in [5.41, 5.74) is 0. The Kier molecular flexibility index (Phi) is 6.28. The van der Waals surface area contributed by atoms with Crippen LogP contribution in [0, 0.1) is 5.92 Å². The van der Waals surface area contributed by atoms with Gasteiger partial charge in [-0.15, -0.1) is 0 Å². The SMILES string of the molecule is CC(C)N(CC(O)CO)CC1CCCNC1. The van der Waals surface area contributed by atoms with Crippen molar-refractivity contribution in [3.8, 4) is 0 Å². The molecule has 1 aliphatic heterocycles. The lowest BCUT2D eigenvalue weighted by Crippen LogP contribution is -2.44. The van der Waals surface area contributed by atoms with Gasteiger partial charge in [-0.25, -0.2) is 0 Å². The van der Waals surface area contributed by atoms with Gasteiger partial charge in [0.15, 0.2) is 0 Å². The summed E-state index contributed by atoms with van der Waals surface area (Å²) < 4.78 is 0. The molecule has 1 fully saturated rings. The maximum Gasteiger partial charge on any atom is 0.0897 e. The zero-order valence-corrected chi connectivity index (χ0v) is 10.5. The third-order valence-electron chi connectivity index (χ3n) is 3.28. The molecule has 2 unspecified atom stereocenters. The standard InChI is InChI=1S/C12H26N2O2/c1-10(2)14(8-12(16)9-15)7-11-4-3-5-13-6-11/h10-13,15-16H,3-9H2,1-2H3. The first-order chi connectivity index (χ1) is 7.63. The van der Waals surface area contributed by atoms with E-state index in [0.717, 1.165) is 19.6 Å². The first kappa shape index (κ1) is 13.9. The van der Waals surface area contributed by atoms with E-state index in [-0.39, 0.29) is 6.61 Å².